The van der Waals surface area contributed by atoms with E-state index in [1.807, 2.05) is 42.5 Å². The van der Waals surface area contributed by atoms with E-state index in [0.717, 1.165) is 42.6 Å². The van der Waals surface area contributed by atoms with Gasteiger partial charge in [-0.15, -0.1) is 0 Å². The molecule has 1 saturated heterocycles. The molecule has 4 unspecified atom stereocenters. The van der Waals surface area contributed by atoms with Crippen LogP contribution in [0, 0.1) is 17.8 Å². The lowest BCUT2D eigenvalue weighted by atomic mass is 9.88. The zero-order valence-corrected chi connectivity index (χ0v) is 21.3. The summed E-state index contributed by atoms with van der Waals surface area (Å²) >= 11 is 6.53. The third-order valence-corrected chi connectivity index (χ3v) is 8.04. The largest absolute Gasteiger partial charge is 0.491 e. The standard InChI is InChI=1S/C28H31ClN6O2/c29-21-16-19(9-10-23(21)37-14-13-35-11-3-4-12-35)31-28-32-22-6-2-1-5-20(22)27(34-28)33-25-18-8-7-17(15-18)24(25)26(30)36/h1-2,5-10,16-18,24-25H,3-4,11-15H2,(H2,30,36)(H2,31,32,33,34). The van der Waals surface area contributed by atoms with E-state index >= 15 is 0 Å². The summed E-state index contributed by atoms with van der Waals surface area (Å²) in [6, 6.07) is 13.3. The quantitative estimate of drug-likeness (QED) is 0.356. The first kappa shape index (κ1) is 24.0. The molecule has 6 rings (SSSR count). The number of carbonyl (C=O) groups is 1. The second-order valence-corrected chi connectivity index (χ2v) is 10.5. The number of nitrogens with one attached hydrogen (secondary N) is 2. The molecule has 9 heteroatoms. The zero-order chi connectivity index (χ0) is 25.4. The van der Waals surface area contributed by atoms with Gasteiger partial charge in [0.2, 0.25) is 11.9 Å². The molecule has 4 atom stereocenters. The van der Waals surface area contributed by atoms with Gasteiger partial charge in [-0.3, -0.25) is 9.69 Å². The number of ether oxygens (including phenoxy) is 1. The fourth-order valence-corrected chi connectivity index (χ4v) is 6.16. The summed E-state index contributed by atoms with van der Waals surface area (Å²) in [6.07, 6.45) is 7.76. The number of carbonyl (C=O) groups excluding carboxylic acids is 1. The smallest absolute Gasteiger partial charge is 0.229 e. The molecule has 1 saturated carbocycles. The maximum absolute atomic E-state index is 12.2. The molecule has 37 heavy (non-hydrogen) atoms. The highest BCUT2D eigenvalue weighted by molar-refractivity contribution is 6.32. The highest BCUT2D eigenvalue weighted by Gasteiger charge is 2.47. The van der Waals surface area contributed by atoms with Gasteiger partial charge in [-0.2, -0.15) is 4.98 Å². The fourth-order valence-electron chi connectivity index (χ4n) is 5.92. The van der Waals surface area contributed by atoms with Gasteiger partial charge in [-0.25, -0.2) is 4.98 Å². The van der Waals surface area contributed by atoms with Crippen LogP contribution in [-0.4, -0.2) is 53.1 Å². The number of hydrogen-bond donors (Lipinski definition) is 3. The fraction of sp³-hybridized carbons (Fsp3) is 0.393. The molecular weight excluding hydrogens is 488 g/mol. The number of fused-ring (bicyclic) bond motifs is 3. The van der Waals surface area contributed by atoms with Crippen molar-refractivity contribution in [2.75, 3.05) is 36.9 Å². The molecule has 4 N–H and O–H groups in total. The van der Waals surface area contributed by atoms with Crippen molar-refractivity contribution >= 4 is 45.9 Å². The number of allylic oxidation sites excluding steroid dienone is 1. The molecular formula is C28H31ClN6O2. The van der Waals surface area contributed by atoms with Crippen LogP contribution < -0.4 is 21.1 Å². The summed E-state index contributed by atoms with van der Waals surface area (Å²) in [5, 5.41) is 8.25. The van der Waals surface area contributed by atoms with Gasteiger partial charge < -0.3 is 21.1 Å². The third-order valence-electron chi connectivity index (χ3n) is 7.75. The number of rotatable bonds is 9. The van der Waals surface area contributed by atoms with Gasteiger partial charge in [-0.1, -0.05) is 35.9 Å². The highest BCUT2D eigenvalue weighted by Crippen LogP contribution is 2.45. The number of nitrogens with zero attached hydrogens (tertiary/aromatic N) is 3. The SMILES string of the molecule is NC(=O)C1C2C=CC(C2)C1Nc1nc(Nc2ccc(OCCN3CCCC3)c(Cl)c2)nc2ccccc12. The molecule has 2 aromatic carbocycles. The number of anilines is 3. The molecule has 2 fully saturated rings. The Labute approximate surface area is 221 Å². The molecule has 8 nitrogen and oxygen atoms in total. The van der Waals surface area contributed by atoms with Crippen molar-refractivity contribution < 1.29 is 9.53 Å². The predicted molar refractivity (Wildman–Crippen MR) is 146 cm³/mol. The van der Waals surface area contributed by atoms with Crippen LogP contribution in [0.4, 0.5) is 17.5 Å². The van der Waals surface area contributed by atoms with Crippen molar-refractivity contribution in [1.82, 2.24) is 14.9 Å². The Balaban J connectivity index is 1.20. The van der Waals surface area contributed by atoms with Gasteiger partial charge in [0.05, 0.1) is 16.5 Å². The van der Waals surface area contributed by atoms with Crippen molar-refractivity contribution in [3.8, 4) is 5.75 Å². The lowest BCUT2D eigenvalue weighted by Crippen LogP contribution is -2.41. The van der Waals surface area contributed by atoms with Crippen LogP contribution in [0.1, 0.15) is 19.3 Å². The van der Waals surface area contributed by atoms with Gasteiger partial charge in [0.25, 0.3) is 0 Å². The first-order valence-electron chi connectivity index (χ1n) is 13.0. The van der Waals surface area contributed by atoms with Gasteiger partial charge in [0.1, 0.15) is 18.2 Å². The van der Waals surface area contributed by atoms with Crippen molar-refractivity contribution in [3.63, 3.8) is 0 Å². The first-order chi connectivity index (χ1) is 18.0. The number of likely N-dealkylation sites (tertiary alicyclic amines) is 1. The van der Waals surface area contributed by atoms with Crippen LogP contribution in [0.25, 0.3) is 10.9 Å². The van der Waals surface area contributed by atoms with Crippen LogP contribution in [-0.2, 0) is 4.79 Å². The number of primary amides is 1. The number of aromatic nitrogens is 2. The third kappa shape index (κ3) is 4.95. The highest BCUT2D eigenvalue weighted by atomic mass is 35.5. The topological polar surface area (TPSA) is 105 Å². The second-order valence-electron chi connectivity index (χ2n) is 10.1. The second kappa shape index (κ2) is 10.2. The predicted octanol–water partition coefficient (Wildman–Crippen LogP) is 4.59. The Bertz CT molecular complexity index is 1340. The van der Waals surface area contributed by atoms with E-state index < -0.39 is 0 Å². The van der Waals surface area contributed by atoms with Crippen molar-refractivity contribution in [1.29, 1.82) is 0 Å². The Kier molecular flexibility index (Phi) is 6.61. The lowest BCUT2D eigenvalue weighted by molar-refractivity contribution is -0.122. The monoisotopic (exact) mass is 518 g/mol. The van der Waals surface area contributed by atoms with E-state index in [9.17, 15) is 4.79 Å². The minimum absolute atomic E-state index is 0.0925. The average molecular weight is 519 g/mol. The van der Waals surface area contributed by atoms with E-state index in [1.165, 1.54) is 12.8 Å². The number of hydrogen-bond acceptors (Lipinski definition) is 7. The Morgan fingerprint density at radius 3 is 2.73 bits per heavy atom. The summed E-state index contributed by atoms with van der Waals surface area (Å²) in [6.45, 7) is 3.81. The summed E-state index contributed by atoms with van der Waals surface area (Å²) in [5.41, 5.74) is 7.33. The number of amides is 1. The Morgan fingerprint density at radius 2 is 1.92 bits per heavy atom. The first-order valence-corrected chi connectivity index (χ1v) is 13.4. The minimum atomic E-state index is -0.275. The van der Waals surface area contributed by atoms with Crippen LogP contribution in [0.5, 0.6) is 5.75 Å². The van der Waals surface area contributed by atoms with Crippen LogP contribution in [0.2, 0.25) is 5.02 Å². The number of benzene rings is 2. The molecule has 2 aliphatic carbocycles. The summed E-state index contributed by atoms with van der Waals surface area (Å²) < 4.78 is 5.92. The van der Waals surface area contributed by atoms with Crippen LogP contribution in [0.3, 0.4) is 0 Å². The van der Waals surface area contributed by atoms with E-state index in [2.05, 4.69) is 27.7 Å². The summed E-state index contributed by atoms with van der Waals surface area (Å²) in [5.74, 6) is 1.69. The molecule has 1 aromatic heterocycles. The number of para-hydroxylation sites is 1. The molecule has 1 aliphatic heterocycles. The minimum Gasteiger partial charge on any atom is -0.491 e. The lowest BCUT2D eigenvalue weighted by Gasteiger charge is -2.27. The normalized spacial score (nSPS) is 24.6. The summed E-state index contributed by atoms with van der Waals surface area (Å²) in [4.78, 5) is 24.1. The van der Waals surface area contributed by atoms with E-state index in [-0.39, 0.29) is 29.7 Å². The summed E-state index contributed by atoms with van der Waals surface area (Å²) in [7, 11) is 0. The molecule has 0 radical (unpaired) electrons. The van der Waals surface area contributed by atoms with E-state index in [4.69, 9.17) is 32.0 Å². The van der Waals surface area contributed by atoms with E-state index in [0.29, 0.717) is 29.1 Å². The van der Waals surface area contributed by atoms with Gasteiger partial charge >= 0.3 is 0 Å². The number of nitrogens with two attached hydrogens (primary N) is 1. The van der Waals surface area contributed by atoms with E-state index in [1.54, 1.807) is 0 Å². The van der Waals surface area contributed by atoms with Gasteiger partial charge in [0.15, 0.2) is 0 Å². The molecule has 2 heterocycles. The average Bonchev–Trinajstić information content (AvgIpc) is 3.64. The van der Waals surface area contributed by atoms with Crippen molar-refractivity contribution in [3.05, 3.63) is 59.6 Å². The van der Waals surface area contributed by atoms with Crippen molar-refractivity contribution in [2.45, 2.75) is 25.3 Å². The van der Waals surface area contributed by atoms with Crippen LogP contribution >= 0.6 is 11.6 Å². The Morgan fingerprint density at radius 1 is 1.11 bits per heavy atom. The van der Waals surface area contributed by atoms with Crippen LogP contribution in [0.15, 0.2) is 54.6 Å². The number of halogens is 1. The maximum Gasteiger partial charge on any atom is 0.229 e. The van der Waals surface area contributed by atoms with Crippen molar-refractivity contribution in [2.24, 2.45) is 23.5 Å². The van der Waals surface area contributed by atoms with Gasteiger partial charge in [0, 0.05) is 23.7 Å². The molecule has 192 valence electrons. The van der Waals surface area contributed by atoms with Gasteiger partial charge in [-0.05, 0) is 74.5 Å². The maximum atomic E-state index is 12.2. The molecule has 1 amide bonds. The Hall–Kier alpha value is -3.36. The molecule has 2 bridgehead atoms. The zero-order valence-electron chi connectivity index (χ0n) is 20.6. The molecule has 3 aromatic rings. The molecule has 3 aliphatic rings. The molecule has 0 spiro atoms.